The molecule has 4 aromatic rings. The summed E-state index contributed by atoms with van der Waals surface area (Å²) in [6.07, 6.45) is 7.16. The normalized spacial score (nSPS) is 22.6. The molecular weight excluding hydrogens is 715 g/mol. The Morgan fingerprint density at radius 3 is 2.25 bits per heavy atom. The molecule has 296 valence electrons. The second-order valence-corrected chi connectivity index (χ2v) is 15.4. The number of ether oxygens (including phenoxy) is 4. The van der Waals surface area contributed by atoms with Crippen LogP contribution in [0.2, 0.25) is 0 Å². The van der Waals surface area contributed by atoms with Gasteiger partial charge < -0.3 is 39.1 Å². The number of hydrogen-bond acceptors (Lipinski definition) is 9. The molecule has 2 bridgehead atoms. The molecule has 0 saturated carbocycles. The fourth-order valence-electron chi connectivity index (χ4n) is 7.56. The minimum absolute atomic E-state index is 0.146. The molecule has 14 nitrogen and oxygen atoms in total. The van der Waals surface area contributed by atoms with Crippen LogP contribution in [0.3, 0.4) is 0 Å². The van der Waals surface area contributed by atoms with Crippen molar-refractivity contribution in [3.63, 3.8) is 0 Å². The van der Waals surface area contributed by atoms with Gasteiger partial charge >= 0.3 is 12.2 Å². The topological polar surface area (TPSA) is 164 Å². The molecule has 3 amide bonds. The number of aromatic amines is 2. The van der Waals surface area contributed by atoms with Crippen LogP contribution in [-0.2, 0) is 30.3 Å². The first kappa shape index (κ1) is 38.8. The molecule has 2 aromatic heterocycles. The fraction of sp³-hybridized carbons (Fsp3) is 0.452. The summed E-state index contributed by atoms with van der Waals surface area (Å²) in [5.41, 5.74) is 5.93. The lowest BCUT2D eigenvalue weighted by molar-refractivity contribution is -0.138. The minimum Gasteiger partial charge on any atom is -0.453 e. The number of nitrogens with zero attached hydrogens (tertiary/aromatic N) is 4. The lowest BCUT2D eigenvalue weighted by Crippen LogP contribution is -2.54. The molecule has 0 unspecified atom stereocenters. The fourth-order valence-corrected chi connectivity index (χ4v) is 7.56. The molecule has 0 radical (unpaired) electrons. The number of imidazole rings is 2. The number of alkyl carbamates (subject to hydrolysis) is 1. The van der Waals surface area contributed by atoms with Crippen LogP contribution >= 0.6 is 0 Å². The number of amides is 3. The monoisotopic (exact) mass is 765 g/mol. The number of hydrogen-bond donors (Lipinski definition) is 3. The van der Waals surface area contributed by atoms with Crippen molar-refractivity contribution in [3.8, 4) is 33.6 Å². The highest BCUT2D eigenvalue weighted by Gasteiger charge is 2.39. The van der Waals surface area contributed by atoms with Crippen LogP contribution in [0, 0.1) is 0 Å². The first-order valence-electron chi connectivity index (χ1n) is 19.3. The number of carbonyl (C=O) groups is 3. The summed E-state index contributed by atoms with van der Waals surface area (Å²) in [6, 6.07) is 15.2. The van der Waals surface area contributed by atoms with Crippen LogP contribution in [0.15, 0.2) is 66.9 Å². The first-order chi connectivity index (χ1) is 27.0. The largest absolute Gasteiger partial charge is 0.453 e. The highest BCUT2D eigenvalue weighted by Crippen LogP contribution is 2.36. The van der Waals surface area contributed by atoms with Gasteiger partial charge in [0.1, 0.15) is 23.3 Å². The van der Waals surface area contributed by atoms with E-state index in [4.69, 9.17) is 23.9 Å². The van der Waals surface area contributed by atoms with Gasteiger partial charge in [0.25, 0.3) is 0 Å². The molecule has 0 spiro atoms. The molecule has 56 heavy (non-hydrogen) atoms. The molecule has 3 aliphatic rings. The van der Waals surface area contributed by atoms with Crippen LogP contribution in [0.4, 0.5) is 9.59 Å². The molecule has 14 heteroatoms. The van der Waals surface area contributed by atoms with E-state index in [1.54, 1.807) is 16.7 Å². The van der Waals surface area contributed by atoms with E-state index in [2.05, 4.69) is 68.8 Å². The smallest absolute Gasteiger partial charge is 0.410 e. The quantitative estimate of drug-likeness (QED) is 0.180. The van der Waals surface area contributed by atoms with E-state index in [1.807, 2.05) is 39.1 Å². The summed E-state index contributed by atoms with van der Waals surface area (Å²) in [4.78, 5) is 59.3. The number of nitrogens with one attached hydrogen (secondary N) is 3. The van der Waals surface area contributed by atoms with E-state index < -0.39 is 23.8 Å². The third kappa shape index (κ3) is 8.66. The maximum Gasteiger partial charge on any atom is 0.410 e. The Morgan fingerprint density at radius 2 is 1.54 bits per heavy atom. The zero-order chi connectivity index (χ0) is 39.4. The molecule has 0 aliphatic carbocycles. The second-order valence-electron chi connectivity index (χ2n) is 15.4. The lowest BCUT2D eigenvalue weighted by Gasteiger charge is -2.31. The molecule has 7 rings (SSSR count). The average molecular weight is 766 g/mol. The number of fused-ring (bicyclic) bond motifs is 4. The summed E-state index contributed by atoms with van der Waals surface area (Å²) >= 11 is 0. The van der Waals surface area contributed by atoms with E-state index in [-0.39, 0.29) is 30.7 Å². The van der Waals surface area contributed by atoms with Gasteiger partial charge in [0.05, 0.1) is 68.4 Å². The van der Waals surface area contributed by atoms with Crippen molar-refractivity contribution in [2.75, 3.05) is 33.4 Å². The van der Waals surface area contributed by atoms with Crippen molar-refractivity contribution < 1.29 is 33.3 Å². The van der Waals surface area contributed by atoms with E-state index in [1.165, 1.54) is 7.11 Å². The third-order valence-electron chi connectivity index (χ3n) is 10.4. The number of H-pyrrole nitrogens is 2. The summed E-state index contributed by atoms with van der Waals surface area (Å²) in [6.45, 7) is 9.49. The van der Waals surface area contributed by atoms with Crippen molar-refractivity contribution in [2.24, 2.45) is 0 Å². The van der Waals surface area contributed by atoms with Gasteiger partial charge in [0, 0.05) is 18.7 Å². The Hall–Kier alpha value is -5.47. The maximum absolute atomic E-state index is 14.0. The van der Waals surface area contributed by atoms with Crippen LogP contribution in [0.5, 0.6) is 0 Å². The molecule has 2 saturated heterocycles. The second kappa shape index (κ2) is 16.7. The lowest BCUT2D eigenvalue weighted by atomic mass is 10.0. The Bertz CT molecular complexity index is 2030. The van der Waals surface area contributed by atoms with Gasteiger partial charge in [0.15, 0.2) is 0 Å². The summed E-state index contributed by atoms with van der Waals surface area (Å²) < 4.78 is 22.4. The van der Waals surface area contributed by atoms with Crippen molar-refractivity contribution >= 4 is 18.1 Å². The van der Waals surface area contributed by atoms with Gasteiger partial charge in [-0.25, -0.2) is 19.6 Å². The molecule has 2 aromatic carbocycles. The molecular formula is C42H51N7O7. The molecule has 4 atom stereocenters. The standard InChI is InChI=1S/C42H51N7O7/c1-26-35(47-40(51)53-5)39(50)48-20-8-11-34(48)38-45-32(25-54-22-6-7-23-55-26)36(46-38)30-18-14-28(15-19-30)27-12-16-29(17-13-27)31-24-43-37(44-31)33-10-9-21-49(33)41(52)56-42(2,3)4/h6-7,12-19,24,26,33-35H,8-11,20-23,25H2,1-5H3,(H,43,44)(H,45,46)(H,47,51)/b7-6-/t26-,33+,34+,35+/m1/s1. The minimum atomic E-state index is -0.931. The van der Waals surface area contributed by atoms with E-state index >= 15 is 0 Å². The van der Waals surface area contributed by atoms with E-state index in [0.717, 1.165) is 70.8 Å². The number of rotatable bonds is 5. The van der Waals surface area contributed by atoms with Gasteiger partial charge in [0.2, 0.25) is 5.91 Å². The van der Waals surface area contributed by atoms with Crippen LogP contribution in [0.25, 0.3) is 33.6 Å². The third-order valence-corrected chi connectivity index (χ3v) is 10.4. The number of methoxy groups -OCH3 is 1. The zero-order valence-electron chi connectivity index (χ0n) is 32.7. The maximum atomic E-state index is 14.0. The Morgan fingerprint density at radius 1 is 0.875 bits per heavy atom. The predicted octanol–water partition coefficient (Wildman–Crippen LogP) is 7.09. The number of aromatic nitrogens is 4. The molecule has 2 fully saturated rings. The Labute approximate surface area is 327 Å². The Kier molecular flexibility index (Phi) is 11.6. The highest BCUT2D eigenvalue weighted by atomic mass is 16.6. The Balaban J connectivity index is 1.09. The molecule has 3 aliphatic heterocycles. The van der Waals surface area contributed by atoms with Crippen LogP contribution < -0.4 is 5.32 Å². The average Bonchev–Trinajstić information content (AvgIpc) is 4.02. The number of carbonyl (C=O) groups excluding carboxylic acids is 3. The van der Waals surface area contributed by atoms with Gasteiger partial charge in [-0.15, -0.1) is 0 Å². The van der Waals surface area contributed by atoms with Gasteiger partial charge in [-0.1, -0.05) is 60.7 Å². The van der Waals surface area contributed by atoms with Gasteiger partial charge in [-0.2, -0.15) is 0 Å². The highest BCUT2D eigenvalue weighted by molar-refractivity contribution is 5.87. The van der Waals surface area contributed by atoms with Crippen LogP contribution in [0.1, 0.15) is 82.8 Å². The van der Waals surface area contributed by atoms with Crippen molar-refractivity contribution in [1.82, 2.24) is 35.1 Å². The van der Waals surface area contributed by atoms with Crippen molar-refractivity contribution in [3.05, 3.63) is 84.2 Å². The molecule has 3 N–H and O–H groups in total. The summed E-state index contributed by atoms with van der Waals surface area (Å²) in [7, 11) is 1.27. The number of benzene rings is 2. The number of likely N-dealkylation sites (tertiary alicyclic amines) is 1. The van der Waals surface area contributed by atoms with E-state index in [0.29, 0.717) is 32.1 Å². The summed E-state index contributed by atoms with van der Waals surface area (Å²) in [5.74, 6) is 1.19. The van der Waals surface area contributed by atoms with Crippen molar-refractivity contribution in [2.45, 2.75) is 89.8 Å². The molecule has 5 heterocycles. The van der Waals surface area contributed by atoms with Crippen molar-refractivity contribution in [1.29, 1.82) is 0 Å². The van der Waals surface area contributed by atoms with E-state index in [9.17, 15) is 14.4 Å². The zero-order valence-corrected chi connectivity index (χ0v) is 32.7. The van der Waals surface area contributed by atoms with Gasteiger partial charge in [-0.3, -0.25) is 9.69 Å². The predicted molar refractivity (Wildman–Crippen MR) is 209 cm³/mol. The summed E-state index contributed by atoms with van der Waals surface area (Å²) in [5, 5.41) is 2.69. The van der Waals surface area contributed by atoms with Crippen LogP contribution in [-0.4, -0.2) is 99.0 Å². The SMILES string of the molecule is COC(=O)N[C@@H]1C(=O)N2CCC[C@H]2c2nc(-c3ccc(-c4ccc(-c5cnc([C@@H]6CCCN6C(=O)OC(C)(C)C)[nH]5)cc4)cc3)c([nH]2)COC/C=C\CO[C@@H]1C. The first-order valence-corrected chi connectivity index (χ1v) is 19.3. The van der Waals surface area contributed by atoms with Gasteiger partial charge in [-0.05, 0) is 70.1 Å².